The van der Waals surface area contributed by atoms with Gasteiger partial charge in [0, 0.05) is 12.2 Å². The van der Waals surface area contributed by atoms with Gasteiger partial charge in [0.15, 0.2) is 0 Å². The zero-order valence-corrected chi connectivity index (χ0v) is 8.88. The fraction of sp³-hybridized carbons (Fsp3) is 0.300. The number of nitrogens with one attached hydrogen (secondary N) is 1. The van der Waals surface area contributed by atoms with E-state index in [1.165, 1.54) is 23.2 Å². The molecule has 1 heterocycles. The van der Waals surface area contributed by atoms with Crippen LogP contribution >= 0.6 is 0 Å². The lowest BCUT2D eigenvalue weighted by Gasteiger charge is -2.11. The van der Waals surface area contributed by atoms with E-state index in [1.54, 1.807) is 6.92 Å². The molecule has 1 atom stereocenters. The van der Waals surface area contributed by atoms with Crippen LogP contribution in [0.5, 0.6) is 0 Å². The van der Waals surface area contributed by atoms with Crippen molar-refractivity contribution in [2.45, 2.75) is 19.5 Å². The van der Waals surface area contributed by atoms with Gasteiger partial charge in [-0.2, -0.15) is 5.10 Å². The SMILES string of the molecule is C=CC(=O)NC(C)Cn1cc(C(=O)O)cn1. The summed E-state index contributed by atoms with van der Waals surface area (Å²) in [5.74, 6) is -1.29. The van der Waals surface area contributed by atoms with Crippen molar-refractivity contribution in [2.75, 3.05) is 0 Å². The molecule has 1 amide bonds. The van der Waals surface area contributed by atoms with E-state index in [4.69, 9.17) is 5.11 Å². The minimum atomic E-state index is -1.02. The lowest BCUT2D eigenvalue weighted by molar-refractivity contribution is -0.117. The minimum absolute atomic E-state index is 0.127. The van der Waals surface area contributed by atoms with E-state index in [2.05, 4.69) is 17.0 Å². The van der Waals surface area contributed by atoms with Crippen molar-refractivity contribution in [1.82, 2.24) is 15.1 Å². The molecule has 0 aliphatic heterocycles. The highest BCUT2D eigenvalue weighted by atomic mass is 16.4. The number of aromatic nitrogens is 2. The van der Waals surface area contributed by atoms with Gasteiger partial charge in [-0.3, -0.25) is 9.48 Å². The molecule has 0 saturated heterocycles. The molecule has 1 aromatic rings. The number of carboxylic acids is 1. The molecule has 1 rings (SSSR count). The van der Waals surface area contributed by atoms with Crippen molar-refractivity contribution >= 4 is 11.9 Å². The Morgan fingerprint density at radius 1 is 1.75 bits per heavy atom. The predicted molar refractivity (Wildman–Crippen MR) is 57.0 cm³/mol. The van der Waals surface area contributed by atoms with Gasteiger partial charge in [0.2, 0.25) is 5.91 Å². The van der Waals surface area contributed by atoms with Gasteiger partial charge in [-0.05, 0) is 13.0 Å². The van der Waals surface area contributed by atoms with Gasteiger partial charge in [-0.1, -0.05) is 6.58 Å². The van der Waals surface area contributed by atoms with Gasteiger partial charge in [0.05, 0.1) is 18.3 Å². The van der Waals surface area contributed by atoms with Crippen LogP contribution in [0.25, 0.3) is 0 Å². The Kier molecular flexibility index (Phi) is 3.82. The maximum atomic E-state index is 11.0. The lowest BCUT2D eigenvalue weighted by atomic mass is 10.3. The smallest absolute Gasteiger partial charge is 0.338 e. The third-order valence-electron chi connectivity index (χ3n) is 1.92. The van der Waals surface area contributed by atoms with Gasteiger partial charge in [0.1, 0.15) is 0 Å². The Bertz CT molecular complexity index is 411. The first-order valence-electron chi connectivity index (χ1n) is 4.71. The van der Waals surface area contributed by atoms with Crippen molar-refractivity contribution in [1.29, 1.82) is 0 Å². The zero-order chi connectivity index (χ0) is 12.1. The second kappa shape index (κ2) is 5.11. The van der Waals surface area contributed by atoms with E-state index in [0.29, 0.717) is 6.54 Å². The van der Waals surface area contributed by atoms with Gasteiger partial charge in [-0.15, -0.1) is 0 Å². The van der Waals surface area contributed by atoms with Gasteiger partial charge in [0.25, 0.3) is 0 Å². The number of nitrogens with zero attached hydrogens (tertiary/aromatic N) is 2. The molecule has 0 bridgehead atoms. The number of carboxylic acid groups (broad SMARTS) is 1. The third-order valence-corrected chi connectivity index (χ3v) is 1.92. The molecule has 0 aromatic carbocycles. The average molecular weight is 223 g/mol. The molecule has 16 heavy (non-hydrogen) atoms. The highest BCUT2D eigenvalue weighted by Gasteiger charge is 2.09. The van der Waals surface area contributed by atoms with E-state index in [9.17, 15) is 9.59 Å². The lowest BCUT2D eigenvalue weighted by Crippen LogP contribution is -2.34. The predicted octanol–water partition coefficient (Wildman–Crippen LogP) is 0.272. The van der Waals surface area contributed by atoms with Crippen LogP contribution in [0.1, 0.15) is 17.3 Å². The molecule has 0 aliphatic carbocycles. The monoisotopic (exact) mass is 223 g/mol. The molecule has 6 heteroatoms. The Hall–Kier alpha value is -2.11. The number of aromatic carboxylic acids is 1. The third kappa shape index (κ3) is 3.23. The maximum absolute atomic E-state index is 11.0. The molecule has 2 N–H and O–H groups in total. The van der Waals surface area contributed by atoms with Crippen LogP contribution in [0.3, 0.4) is 0 Å². The molecule has 0 radical (unpaired) electrons. The molecule has 6 nitrogen and oxygen atoms in total. The molecule has 86 valence electrons. The van der Waals surface area contributed by atoms with E-state index in [-0.39, 0.29) is 17.5 Å². The Labute approximate surface area is 92.6 Å². The number of carbonyl (C=O) groups excluding carboxylic acids is 1. The van der Waals surface area contributed by atoms with Crippen LogP contribution in [0.15, 0.2) is 25.0 Å². The number of hydrogen-bond donors (Lipinski definition) is 2. The molecule has 1 unspecified atom stereocenters. The first kappa shape index (κ1) is 12.0. The maximum Gasteiger partial charge on any atom is 0.338 e. The van der Waals surface area contributed by atoms with Crippen molar-refractivity contribution in [3.63, 3.8) is 0 Å². The van der Waals surface area contributed by atoms with E-state index in [1.807, 2.05) is 0 Å². The molecular formula is C10H13N3O3. The molecule has 0 aliphatic rings. The summed E-state index contributed by atoms with van der Waals surface area (Å²) < 4.78 is 1.47. The van der Waals surface area contributed by atoms with Crippen LogP contribution in [0.4, 0.5) is 0 Å². The summed E-state index contributed by atoms with van der Waals surface area (Å²) in [6.45, 7) is 5.54. The zero-order valence-electron chi connectivity index (χ0n) is 8.88. The van der Waals surface area contributed by atoms with Gasteiger partial charge < -0.3 is 10.4 Å². The fourth-order valence-electron chi connectivity index (χ4n) is 1.20. The summed E-state index contributed by atoms with van der Waals surface area (Å²) in [5.41, 5.74) is 0.127. The summed E-state index contributed by atoms with van der Waals surface area (Å²) in [5, 5.41) is 15.2. The second-order valence-electron chi connectivity index (χ2n) is 3.37. The van der Waals surface area contributed by atoms with Crippen molar-refractivity contribution < 1.29 is 14.7 Å². The summed E-state index contributed by atoms with van der Waals surface area (Å²) in [6, 6.07) is -0.146. The Balaban J connectivity index is 2.55. The quantitative estimate of drug-likeness (QED) is 0.702. The van der Waals surface area contributed by atoms with Crippen molar-refractivity contribution in [2.24, 2.45) is 0 Å². The highest BCUT2D eigenvalue weighted by molar-refractivity contribution is 5.87. The van der Waals surface area contributed by atoms with Crippen LogP contribution in [-0.2, 0) is 11.3 Å². The van der Waals surface area contributed by atoms with Crippen LogP contribution < -0.4 is 5.32 Å². The van der Waals surface area contributed by atoms with Crippen LogP contribution in [-0.4, -0.2) is 32.8 Å². The Morgan fingerprint density at radius 2 is 2.44 bits per heavy atom. The van der Waals surface area contributed by atoms with Crippen LogP contribution in [0, 0.1) is 0 Å². The summed E-state index contributed by atoms with van der Waals surface area (Å²) >= 11 is 0. The summed E-state index contributed by atoms with van der Waals surface area (Å²) in [7, 11) is 0. The largest absolute Gasteiger partial charge is 0.478 e. The molecular weight excluding hydrogens is 210 g/mol. The van der Waals surface area contributed by atoms with E-state index in [0.717, 1.165) is 0 Å². The van der Waals surface area contributed by atoms with Crippen LogP contribution in [0.2, 0.25) is 0 Å². The summed E-state index contributed by atoms with van der Waals surface area (Å²) in [6.07, 6.45) is 3.87. The topological polar surface area (TPSA) is 84.2 Å². The van der Waals surface area contributed by atoms with E-state index < -0.39 is 5.97 Å². The van der Waals surface area contributed by atoms with Gasteiger partial charge >= 0.3 is 5.97 Å². The second-order valence-corrected chi connectivity index (χ2v) is 3.37. The first-order chi connectivity index (χ1) is 7.52. The Morgan fingerprint density at radius 3 is 2.94 bits per heavy atom. The van der Waals surface area contributed by atoms with Crippen molar-refractivity contribution in [3.8, 4) is 0 Å². The summed E-state index contributed by atoms with van der Waals surface area (Å²) in [4.78, 5) is 21.6. The highest BCUT2D eigenvalue weighted by Crippen LogP contribution is 1.98. The fourth-order valence-corrected chi connectivity index (χ4v) is 1.20. The van der Waals surface area contributed by atoms with Gasteiger partial charge in [-0.25, -0.2) is 4.79 Å². The number of amides is 1. The number of rotatable bonds is 5. The number of carbonyl (C=O) groups is 2. The van der Waals surface area contributed by atoms with Crippen molar-refractivity contribution in [3.05, 3.63) is 30.6 Å². The minimum Gasteiger partial charge on any atom is -0.478 e. The standard InChI is InChI=1S/C10H13N3O3/c1-3-9(14)12-7(2)5-13-6-8(4-11-13)10(15)16/h3-4,6-7H,1,5H2,2H3,(H,12,14)(H,15,16). The average Bonchev–Trinajstić information content (AvgIpc) is 2.65. The molecule has 1 aromatic heterocycles. The molecule has 0 fully saturated rings. The van der Waals surface area contributed by atoms with E-state index >= 15 is 0 Å². The first-order valence-corrected chi connectivity index (χ1v) is 4.71. The number of hydrogen-bond acceptors (Lipinski definition) is 3. The molecule has 0 spiro atoms. The normalized spacial score (nSPS) is 11.8. The molecule has 0 saturated carbocycles.